The van der Waals surface area contributed by atoms with E-state index >= 15 is 0 Å². The van der Waals surface area contributed by atoms with Gasteiger partial charge in [0.2, 0.25) is 0 Å². The van der Waals surface area contributed by atoms with E-state index < -0.39 is 5.97 Å². The standard InChI is InChI=1S/C14H19ClN2O3/c1-2-17-8-10(15)7-12(17)13(18)16-11-5-3-9(4-6-11)14(19)20/h7-9,11H,2-6H2,1H3,(H,16,18)(H,19,20). The van der Waals surface area contributed by atoms with Crippen LogP contribution in [0.1, 0.15) is 43.1 Å². The summed E-state index contributed by atoms with van der Waals surface area (Å²) < 4.78 is 1.81. The number of aliphatic carboxylic acids is 1. The summed E-state index contributed by atoms with van der Waals surface area (Å²) in [4.78, 5) is 23.1. The fourth-order valence-corrected chi connectivity index (χ4v) is 2.89. The molecular formula is C14H19ClN2O3. The second kappa shape index (κ2) is 6.31. The fraction of sp³-hybridized carbons (Fsp3) is 0.571. The van der Waals surface area contributed by atoms with Crippen molar-refractivity contribution in [3.63, 3.8) is 0 Å². The minimum absolute atomic E-state index is 0.0529. The van der Waals surface area contributed by atoms with Gasteiger partial charge in [-0.25, -0.2) is 0 Å². The Balaban J connectivity index is 1.94. The van der Waals surface area contributed by atoms with Crippen molar-refractivity contribution in [3.05, 3.63) is 23.0 Å². The number of hydrogen-bond donors (Lipinski definition) is 2. The first-order valence-corrected chi connectivity index (χ1v) is 7.28. The van der Waals surface area contributed by atoms with E-state index in [1.807, 2.05) is 6.92 Å². The molecule has 1 aliphatic rings. The van der Waals surface area contributed by atoms with Crippen molar-refractivity contribution >= 4 is 23.5 Å². The van der Waals surface area contributed by atoms with Gasteiger partial charge in [0.15, 0.2) is 0 Å². The quantitative estimate of drug-likeness (QED) is 0.897. The van der Waals surface area contributed by atoms with E-state index in [1.165, 1.54) is 0 Å². The highest BCUT2D eigenvalue weighted by Gasteiger charge is 2.27. The first-order valence-electron chi connectivity index (χ1n) is 6.90. The van der Waals surface area contributed by atoms with Crippen LogP contribution in [0.25, 0.3) is 0 Å². The molecule has 1 aliphatic carbocycles. The van der Waals surface area contributed by atoms with Gasteiger partial charge in [-0.05, 0) is 38.7 Å². The molecular weight excluding hydrogens is 280 g/mol. The van der Waals surface area contributed by atoms with Crippen molar-refractivity contribution in [2.75, 3.05) is 0 Å². The summed E-state index contributed by atoms with van der Waals surface area (Å²) in [6.45, 7) is 2.63. The third-order valence-corrected chi connectivity index (χ3v) is 4.05. The minimum Gasteiger partial charge on any atom is -0.481 e. The van der Waals surface area contributed by atoms with E-state index in [-0.39, 0.29) is 17.9 Å². The van der Waals surface area contributed by atoms with Gasteiger partial charge in [-0.3, -0.25) is 9.59 Å². The molecule has 0 aromatic carbocycles. The SMILES string of the molecule is CCn1cc(Cl)cc1C(=O)NC1CCC(C(=O)O)CC1. The van der Waals surface area contributed by atoms with Crippen LogP contribution in [-0.4, -0.2) is 27.6 Å². The van der Waals surface area contributed by atoms with E-state index in [9.17, 15) is 9.59 Å². The van der Waals surface area contributed by atoms with Crippen molar-refractivity contribution in [1.29, 1.82) is 0 Å². The number of halogens is 1. The largest absolute Gasteiger partial charge is 0.481 e. The molecule has 0 aliphatic heterocycles. The van der Waals surface area contributed by atoms with Crippen LogP contribution in [0, 0.1) is 5.92 Å². The third-order valence-electron chi connectivity index (χ3n) is 3.85. The van der Waals surface area contributed by atoms with Gasteiger partial charge in [0.05, 0.1) is 10.9 Å². The van der Waals surface area contributed by atoms with Crippen molar-refractivity contribution in [1.82, 2.24) is 9.88 Å². The van der Waals surface area contributed by atoms with Gasteiger partial charge in [-0.2, -0.15) is 0 Å². The van der Waals surface area contributed by atoms with Crippen molar-refractivity contribution in [2.24, 2.45) is 5.92 Å². The zero-order valence-electron chi connectivity index (χ0n) is 11.4. The number of hydrogen-bond acceptors (Lipinski definition) is 2. The van der Waals surface area contributed by atoms with Crippen LogP contribution < -0.4 is 5.32 Å². The molecule has 1 aromatic rings. The molecule has 110 valence electrons. The molecule has 20 heavy (non-hydrogen) atoms. The summed E-state index contributed by atoms with van der Waals surface area (Å²) in [5.41, 5.74) is 0.554. The van der Waals surface area contributed by atoms with Gasteiger partial charge < -0.3 is 15.0 Å². The molecule has 1 heterocycles. The number of carboxylic acids is 1. The lowest BCUT2D eigenvalue weighted by molar-refractivity contribution is -0.142. The molecule has 0 bridgehead atoms. The van der Waals surface area contributed by atoms with Crippen molar-refractivity contribution in [3.8, 4) is 0 Å². The van der Waals surface area contributed by atoms with Gasteiger partial charge in [-0.15, -0.1) is 0 Å². The lowest BCUT2D eigenvalue weighted by Crippen LogP contribution is -2.39. The number of aromatic nitrogens is 1. The molecule has 2 rings (SSSR count). The summed E-state index contributed by atoms with van der Waals surface area (Å²) >= 11 is 5.92. The Morgan fingerprint density at radius 1 is 1.40 bits per heavy atom. The van der Waals surface area contributed by atoms with Gasteiger partial charge in [0, 0.05) is 18.8 Å². The molecule has 1 aromatic heterocycles. The lowest BCUT2D eigenvalue weighted by Gasteiger charge is -2.26. The molecule has 1 saturated carbocycles. The Bertz CT molecular complexity index is 505. The van der Waals surface area contributed by atoms with Crippen LogP contribution >= 0.6 is 11.6 Å². The van der Waals surface area contributed by atoms with Gasteiger partial charge in [0.25, 0.3) is 5.91 Å². The van der Waals surface area contributed by atoms with E-state index in [0.717, 1.165) is 0 Å². The molecule has 1 amide bonds. The molecule has 0 saturated heterocycles. The first-order chi connectivity index (χ1) is 9.51. The van der Waals surface area contributed by atoms with E-state index in [0.29, 0.717) is 42.9 Å². The van der Waals surface area contributed by atoms with E-state index in [4.69, 9.17) is 16.7 Å². The molecule has 2 N–H and O–H groups in total. The Labute approximate surface area is 122 Å². The highest BCUT2D eigenvalue weighted by molar-refractivity contribution is 6.31. The fourth-order valence-electron chi connectivity index (χ4n) is 2.67. The average Bonchev–Trinajstić information content (AvgIpc) is 2.80. The molecule has 5 nitrogen and oxygen atoms in total. The summed E-state index contributed by atoms with van der Waals surface area (Å²) in [6, 6.07) is 1.71. The maximum atomic E-state index is 12.2. The number of rotatable bonds is 4. The maximum Gasteiger partial charge on any atom is 0.306 e. The van der Waals surface area contributed by atoms with Crippen LogP contribution in [0.5, 0.6) is 0 Å². The highest BCUT2D eigenvalue weighted by Crippen LogP contribution is 2.25. The topological polar surface area (TPSA) is 71.3 Å². The van der Waals surface area contributed by atoms with E-state index in [2.05, 4.69) is 5.32 Å². The Kier molecular flexibility index (Phi) is 4.70. The Hall–Kier alpha value is -1.49. The van der Waals surface area contributed by atoms with E-state index in [1.54, 1.807) is 16.8 Å². The molecule has 6 heteroatoms. The second-order valence-corrected chi connectivity index (χ2v) is 5.63. The smallest absolute Gasteiger partial charge is 0.306 e. The number of amides is 1. The third kappa shape index (κ3) is 3.33. The summed E-state index contributed by atoms with van der Waals surface area (Å²) in [7, 11) is 0. The Morgan fingerprint density at radius 3 is 2.60 bits per heavy atom. The normalized spacial score (nSPS) is 22.5. The molecule has 0 atom stereocenters. The minimum atomic E-state index is -0.735. The van der Waals surface area contributed by atoms with Crippen LogP contribution in [-0.2, 0) is 11.3 Å². The predicted molar refractivity (Wildman–Crippen MR) is 76.0 cm³/mol. The number of carbonyl (C=O) groups is 2. The highest BCUT2D eigenvalue weighted by atomic mass is 35.5. The number of aryl methyl sites for hydroxylation is 1. The molecule has 0 radical (unpaired) electrons. The summed E-state index contributed by atoms with van der Waals surface area (Å²) in [5.74, 6) is -1.14. The second-order valence-electron chi connectivity index (χ2n) is 5.19. The monoisotopic (exact) mass is 298 g/mol. The molecule has 0 spiro atoms. The number of carbonyl (C=O) groups excluding carboxylic acids is 1. The number of carboxylic acid groups (broad SMARTS) is 1. The predicted octanol–water partition coefficient (Wildman–Crippen LogP) is 2.53. The van der Waals surface area contributed by atoms with Gasteiger partial charge in [-0.1, -0.05) is 11.6 Å². The van der Waals surface area contributed by atoms with Crippen molar-refractivity contribution in [2.45, 2.75) is 45.2 Å². The van der Waals surface area contributed by atoms with Crippen LogP contribution in [0.2, 0.25) is 5.02 Å². The first kappa shape index (κ1) is 14.9. The number of nitrogens with one attached hydrogen (secondary N) is 1. The van der Waals surface area contributed by atoms with Gasteiger partial charge >= 0.3 is 5.97 Å². The average molecular weight is 299 g/mol. The number of nitrogens with zero attached hydrogens (tertiary/aromatic N) is 1. The van der Waals surface area contributed by atoms with Crippen LogP contribution in [0.3, 0.4) is 0 Å². The zero-order valence-corrected chi connectivity index (χ0v) is 12.2. The maximum absolute atomic E-state index is 12.2. The summed E-state index contributed by atoms with van der Waals surface area (Å²) in [6.07, 6.45) is 4.40. The summed E-state index contributed by atoms with van der Waals surface area (Å²) in [5, 5.41) is 12.5. The Morgan fingerprint density at radius 2 is 2.05 bits per heavy atom. The lowest BCUT2D eigenvalue weighted by atomic mass is 9.86. The molecule has 1 fully saturated rings. The molecule has 0 unspecified atom stereocenters. The van der Waals surface area contributed by atoms with Crippen LogP contribution in [0.15, 0.2) is 12.3 Å². The van der Waals surface area contributed by atoms with Gasteiger partial charge in [0.1, 0.15) is 5.69 Å². The zero-order chi connectivity index (χ0) is 14.7. The van der Waals surface area contributed by atoms with Crippen molar-refractivity contribution < 1.29 is 14.7 Å². The van der Waals surface area contributed by atoms with Crippen LogP contribution in [0.4, 0.5) is 0 Å².